The lowest BCUT2D eigenvalue weighted by molar-refractivity contribution is -0.137. The molecule has 0 spiro atoms. The van der Waals surface area contributed by atoms with E-state index in [4.69, 9.17) is 0 Å². The Balaban J connectivity index is 2.37. The topological polar surface area (TPSA) is 12.0 Å². The molecule has 1 fully saturated rings. The highest BCUT2D eigenvalue weighted by molar-refractivity contribution is 5.31. The van der Waals surface area contributed by atoms with Crippen molar-refractivity contribution in [3.8, 4) is 0 Å². The molecule has 1 atom stereocenters. The predicted molar refractivity (Wildman–Crippen MR) is 65.3 cm³/mol. The first-order valence-electron chi connectivity index (χ1n) is 6.41. The molecule has 2 rings (SSSR count). The Labute approximate surface area is 105 Å². The van der Waals surface area contributed by atoms with Crippen molar-refractivity contribution in [1.82, 2.24) is 5.32 Å². The Morgan fingerprint density at radius 1 is 1.28 bits per heavy atom. The lowest BCUT2D eigenvalue weighted by atomic mass is 9.80. The second-order valence-electron chi connectivity index (χ2n) is 4.90. The van der Waals surface area contributed by atoms with E-state index in [0.29, 0.717) is 0 Å². The third-order valence-corrected chi connectivity index (χ3v) is 3.84. The van der Waals surface area contributed by atoms with E-state index in [2.05, 4.69) is 5.32 Å². The van der Waals surface area contributed by atoms with Crippen LogP contribution in [0, 0.1) is 0 Å². The minimum absolute atomic E-state index is 0.278. The molecule has 1 aliphatic heterocycles. The van der Waals surface area contributed by atoms with Crippen molar-refractivity contribution >= 4 is 0 Å². The standard InChI is InChI=1S/C14H18F3N/c1-2-13(8-3-4-9-18-13)11-6-5-7-12(10-11)14(15,16)17/h5-7,10,18H,2-4,8-9H2,1H3. The van der Waals surface area contributed by atoms with Gasteiger partial charge in [0.1, 0.15) is 0 Å². The summed E-state index contributed by atoms with van der Waals surface area (Å²) in [6.45, 7) is 2.91. The van der Waals surface area contributed by atoms with E-state index in [1.54, 1.807) is 6.07 Å². The van der Waals surface area contributed by atoms with Gasteiger partial charge in [0, 0.05) is 5.54 Å². The van der Waals surface area contributed by atoms with Crippen LogP contribution in [0.3, 0.4) is 0 Å². The van der Waals surface area contributed by atoms with Gasteiger partial charge in [-0.2, -0.15) is 13.2 Å². The molecule has 0 bridgehead atoms. The number of rotatable bonds is 2. The zero-order valence-corrected chi connectivity index (χ0v) is 10.5. The Hall–Kier alpha value is -1.03. The SMILES string of the molecule is CCC1(c2cccc(C(F)(F)F)c2)CCCCN1. The van der Waals surface area contributed by atoms with Gasteiger partial charge >= 0.3 is 6.18 Å². The average Bonchev–Trinajstić information content (AvgIpc) is 2.39. The van der Waals surface area contributed by atoms with Crippen molar-refractivity contribution in [1.29, 1.82) is 0 Å². The van der Waals surface area contributed by atoms with Gasteiger partial charge in [-0.05, 0) is 43.5 Å². The van der Waals surface area contributed by atoms with E-state index in [-0.39, 0.29) is 5.54 Å². The fourth-order valence-corrected chi connectivity index (χ4v) is 2.71. The fourth-order valence-electron chi connectivity index (χ4n) is 2.71. The maximum absolute atomic E-state index is 12.7. The Morgan fingerprint density at radius 3 is 2.61 bits per heavy atom. The predicted octanol–water partition coefficient (Wildman–Crippen LogP) is 4.08. The highest BCUT2D eigenvalue weighted by Crippen LogP contribution is 2.37. The molecule has 0 aromatic heterocycles. The van der Waals surface area contributed by atoms with E-state index in [1.165, 1.54) is 12.1 Å². The molecular weight excluding hydrogens is 239 g/mol. The summed E-state index contributed by atoms with van der Waals surface area (Å²) >= 11 is 0. The van der Waals surface area contributed by atoms with E-state index in [1.807, 2.05) is 6.92 Å². The summed E-state index contributed by atoms with van der Waals surface area (Å²) in [6.07, 6.45) is -0.378. The van der Waals surface area contributed by atoms with Crippen LogP contribution in [0.1, 0.15) is 43.7 Å². The van der Waals surface area contributed by atoms with Gasteiger partial charge in [0.2, 0.25) is 0 Å². The summed E-state index contributed by atoms with van der Waals surface area (Å²) in [7, 11) is 0. The Morgan fingerprint density at radius 2 is 2.06 bits per heavy atom. The van der Waals surface area contributed by atoms with Gasteiger partial charge in [0.15, 0.2) is 0 Å². The summed E-state index contributed by atoms with van der Waals surface area (Å²) in [4.78, 5) is 0. The summed E-state index contributed by atoms with van der Waals surface area (Å²) in [5.41, 5.74) is -0.0702. The van der Waals surface area contributed by atoms with Gasteiger partial charge in [-0.15, -0.1) is 0 Å². The van der Waals surface area contributed by atoms with Crippen molar-refractivity contribution in [3.05, 3.63) is 35.4 Å². The number of nitrogens with one attached hydrogen (secondary N) is 1. The van der Waals surface area contributed by atoms with Crippen LogP contribution in [0.2, 0.25) is 0 Å². The van der Waals surface area contributed by atoms with Crippen LogP contribution >= 0.6 is 0 Å². The molecule has 4 heteroatoms. The smallest absolute Gasteiger partial charge is 0.307 e. The molecule has 1 saturated heterocycles. The monoisotopic (exact) mass is 257 g/mol. The summed E-state index contributed by atoms with van der Waals surface area (Å²) < 4.78 is 38.2. The van der Waals surface area contributed by atoms with E-state index in [0.717, 1.165) is 43.9 Å². The lowest BCUT2D eigenvalue weighted by Crippen LogP contribution is -2.45. The van der Waals surface area contributed by atoms with E-state index < -0.39 is 11.7 Å². The van der Waals surface area contributed by atoms with Gasteiger partial charge in [0.05, 0.1) is 5.56 Å². The number of alkyl halides is 3. The van der Waals surface area contributed by atoms with Crippen LogP contribution in [0.4, 0.5) is 13.2 Å². The molecule has 0 amide bonds. The summed E-state index contributed by atoms with van der Waals surface area (Å²) in [5.74, 6) is 0. The number of hydrogen-bond donors (Lipinski definition) is 1. The zero-order valence-electron chi connectivity index (χ0n) is 10.5. The van der Waals surface area contributed by atoms with Crippen LogP contribution in [0.15, 0.2) is 24.3 Å². The third kappa shape index (κ3) is 2.53. The maximum Gasteiger partial charge on any atom is 0.416 e. The number of benzene rings is 1. The van der Waals surface area contributed by atoms with E-state index in [9.17, 15) is 13.2 Å². The molecule has 0 radical (unpaired) electrons. The molecule has 1 aromatic carbocycles. The van der Waals surface area contributed by atoms with E-state index >= 15 is 0 Å². The second kappa shape index (κ2) is 4.92. The highest BCUT2D eigenvalue weighted by Gasteiger charge is 2.35. The molecule has 1 unspecified atom stereocenters. The van der Waals surface area contributed by atoms with Gasteiger partial charge in [-0.3, -0.25) is 0 Å². The molecule has 100 valence electrons. The first kappa shape index (κ1) is 13.4. The van der Waals surface area contributed by atoms with Gasteiger partial charge in [-0.25, -0.2) is 0 Å². The lowest BCUT2D eigenvalue weighted by Gasteiger charge is -2.38. The number of piperidine rings is 1. The Kier molecular flexibility index (Phi) is 3.66. The van der Waals surface area contributed by atoms with Gasteiger partial charge < -0.3 is 5.32 Å². The molecule has 1 aromatic rings. The van der Waals surface area contributed by atoms with Crippen molar-refractivity contribution in [2.45, 2.75) is 44.3 Å². The van der Waals surface area contributed by atoms with Crippen molar-refractivity contribution in [2.24, 2.45) is 0 Å². The first-order chi connectivity index (χ1) is 8.48. The first-order valence-corrected chi connectivity index (χ1v) is 6.41. The minimum atomic E-state index is -4.26. The van der Waals surface area contributed by atoms with Crippen LogP contribution in [-0.2, 0) is 11.7 Å². The molecule has 1 aliphatic rings. The van der Waals surface area contributed by atoms with Crippen molar-refractivity contribution in [3.63, 3.8) is 0 Å². The highest BCUT2D eigenvalue weighted by atomic mass is 19.4. The second-order valence-corrected chi connectivity index (χ2v) is 4.90. The van der Waals surface area contributed by atoms with Gasteiger partial charge in [0.25, 0.3) is 0 Å². The molecule has 1 nitrogen and oxygen atoms in total. The van der Waals surface area contributed by atoms with Crippen molar-refractivity contribution in [2.75, 3.05) is 6.54 Å². The fraction of sp³-hybridized carbons (Fsp3) is 0.571. The van der Waals surface area contributed by atoms with Crippen LogP contribution < -0.4 is 5.32 Å². The molecule has 0 saturated carbocycles. The zero-order chi connectivity index (χ0) is 13.2. The van der Waals surface area contributed by atoms with Gasteiger partial charge in [-0.1, -0.05) is 25.5 Å². The quantitative estimate of drug-likeness (QED) is 0.841. The number of hydrogen-bond acceptors (Lipinski definition) is 1. The largest absolute Gasteiger partial charge is 0.416 e. The molecule has 18 heavy (non-hydrogen) atoms. The molecular formula is C14H18F3N. The van der Waals surface area contributed by atoms with Crippen molar-refractivity contribution < 1.29 is 13.2 Å². The maximum atomic E-state index is 12.7. The third-order valence-electron chi connectivity index (χ3n) is 3.84. The van der Waals surface area contributed by atoms with Crippen LogP contribution in [0.25, 0.3) is 0 Å². The Bertz CT molecular complexity index is 406. The normalized spacial score (nSPS) is 25.1. The average molecular weight is 257 g/mol. The molecule has 1 N–H and O–H groups in total. The van der Waals surface area contributed by atoms with Crippen LogP contribution in [0.5, 0.6) is 0 Å². The summed E-state index contributed by atoms with van der Waals surface area (Å²) in [5, 5.41) is 3.41. The molecule has 1 heterocycles. The van der Waals surface area contributed by atoms with Crippen LogP contribution in [-0.4, -0.2) is 6.54 Å². The molecule has 0 aliphatic carbocycles. The minimum Gasteiger partial charge on any atom is -0.307 e. The summed E-state index contributed by atoms with van der Waals surface area (Å²) in [6, 6.07) is 5.74. The number of halogens is 3.